The zero-order chi connectivity index (χ0) is 15.5. The Kier molecular flexibility index (Phi) is 3.74. The van der Waals surface area contributed by atoms with Gasteiger partial charge < -0.3 is 4.98 Å². The molecule has 0 radical (unpaired) electrons. The van der Waals surface area contributed by atoms with Gasteiger partial charge in [-0.05, 0) is 23.3 Å². The average Bonchev–Trinajstić information content (AvgIpc) is 2.91. The van der Waals surface area contributed by atoms with E-state index in [0.29, 0.717) is 0 Å². The predicted octanol–water partition coefficient (Wildman–Crippen LogP) is 4.22. The first-order valence-corrected chi connectivity index (χ1v) is 7.10. The molecule has 0 amide bonds. The predicted molar refractivity (Wildman–Crippen MR) is 88.5 cm³/mol. The summed E-state index contributed by atoms with van der Waals surface area (Å²) in [6.07, 6.45) is 1.73. The number of aromatic nitrogens is 1. The molecule has 2 aromatic carbocycles. The van der Waals surface area contributed by atoms with Crippen LogP contribution in [0.2, 0.25) is 0 Å². The van der Waals surface area contributed by atoms with Gasteiger partial charge in [-0.1, -0.05) is 55.1 Å². The average molecular weight is 292 g/mol. The Morgan fingerprint density at radius 1 is 1.14 bits per heavy atom. The molecular weight excluding hydrogens is 276 g/mol. The highest BCUT2D eigenvalue weighted by atomic mass is 16.6. The molecule has 4 nitrogen and oxygen atoms in total. The molecule has 0 unspecified atom stereocenters. The highest BCUT2D eigenvalue weighted by Crippen LogP contribution is 2.34. The fourth-order valence-electron chi connectivity index (χ4n) is 2.92. The SMILES string of the molecule is C=Cc1[nH]c2ccccc2c1[C@@H](C[N+](=O)[O-])c1ccccc1. The van der Waals surface area contributed by atoms with Gasteiger partial charge in [0.15, 0.2) is 0 Å². The molecule has 0 fully saturated rings. The second kappa shape index (κ2) is 5.85. The Morgan fingerprint density at radius 2 is 1.82 bits per heavy atom. The van der Waals surface area contributed by atoms with Gasteiger partial charge in [0.1, 0.15) is 0 Å². The molecule has 0 aliphatic rings. The molecule has 3 aromatic rings. The van der Waals surface area contributed by atoms with Crippen LogP contribution in [-0.4, -0.2) is 16.5 Å². The minimum absolute atomic E-state index is 0.146. The second-order valence-electron chi connectivity index (χ2n) is 5.18. The summed E-state index contributed by atoms with van der Waals surface area (Å²) in [5.74, 6) is -0.305. The van der Waals surface area contributed by atoms with Gasteiger partial charge in [0.05, 0.1) is 5.92 Å². The number of aromatic amines is 1. The number of fused-ring (bicyclic) bond motifs is 1. The standard InChI is InChI=1S/C18H16N2O2/c1-2-16-18(14-10-6-7-11-17(14)19-16)15(12-20(21)22)13-8-4-3-5-9-13/h2-11,15,19H,1,12H2/t15-/m0/s1. The fourth-order valence-corrected chi connectivity index (χ4v) is 2.92. The molecule has 0 aliphatic carbocycles. The van der Waals surface area contributed by atoms with E-state index in [2.05, 4.69) is 11.6 Å². The summed E-state index contributed by atoms with van der Waals surface area (Å²) in [4.78, 5) is 14.2. The van der Waals surface area contributed by atoms with Crippen molar-refractivity contribution in [3.63, 3.8) is 0 Å². The Labute approximate surface area is 128 Å². The summed E-state index contributed by atoms with van der Waals surface area (Å²) in [6, 6.07) is 17.4. The monoisotopic (exact) mass is 292 g/mol. The van der Waals surface area contributed by atoms with Crippen LogP contribution in [-0.2, 0) is 0 Å². The summed E-state index contributed by atoms with van der Waals surface area (Å²) in [6.45, 7) is 3.69. The number of nitrogens with one attached hydrogen (secondary N) is 1. The van der Waals surface area contributed by atoms with E-state index >= 15 is 0 Å². The van der Waals surface area contributed by atoms with Gasteiger partial charge in [0.2, 0.25) is 6.54 Å². The van der Waals surface area contributed by atoms with Crippen LogP contribution in [0.25, 0.3) is 17.0 Å². The van der Waals surface area contributed by atoms with E-state index in [0.717, 1.165) is 27.7 Å². The molecule has 1 heterocycles. The molecule has 4 heteroatoms. The number of nitro groups is 1. The number of hydrogen-bond acceptors (Lipinski definition) is 2. The number of H-pyrrole nitrogens is 1. The lowest BCUT2D eigenvalue weighted by Crippen LogP contribution is -2.14. The summed E-state index contributed by atoms with van der Waals surface area (Å²) in [5.41, 5.74) is 3.69. The number of hydrogen-bond donors (Lipinski definition) is 1. The van der Waals surface area contributed by atoms with E-state index in [1.54, 1.807) is 6.08 Å². The van der Waals surface area contributed by atoms with E-state index in [1.165, 1.54) is 0 Å². The second-order valence-corrected chi connectivity index (χ2v) is 5.18. The maximum Gasteiger partial charge on any atom is 0.214 e. The highest BCUT2D eigenvalue weighted by molar-refractivity contribution is 5.88. The van der Waals surface area contributed by atoms with Crippen LogP contribution in [0.4, 0.5) is 0 Å². The van der Waals surface area contributed by atoms with Crippen LogP contribution in [0.5, 0.6) is 0 Å². The van der Waals surface area contributed by atoms with Crippen molar-refractivity contribution in [1.82, 2.24) is 4.98 Å². The lowest BCUT2D eigenvalue weighted by molar-refractivity contribution is -0.481. The normalized spacial score (nSPS) is 12.2. The molecule has 0 spiro atoms. The van der Waals surface area contributed by atoms with Gasteiger partial charge in [0.25, 0.3) is 0 Å². The topological polar surface area (TPSA) is 58.9 Å². The van der Waals surface area contributed by atoms with E-state index in [-0.39, 0.29) is 17.4 Å². The molecular formula is C18H16N2O2. The van der Waals surface area contributed by atoms with Crippen LogP contribution in [0.15, 0.2) is 61.2 Å². The number of rotatable bonds is 5. The van der Waals surface area contributed by atoms with Gasteiger partial charge in [-0.3, -0.25) is 10.1 Å². The van der Waals surface area contributed by atoms with Crippen molar-refractivity contribution in [2.45, 2.75) is 5.92 Å². The molecule has 110 valence electrons. The van der Waals surface area contributed by atoms with Crippen molar-refractivity contribution in [3.05, 3.63) is 88.1 Å². The Balaban J connectivity index is 2.23. The molecule has 0 saturated heterocycles. The summed E-state index contributed by atoms with van der Waals surface area (Å²) in [5, 5.41) is 12.2. The minimum Gasteiger partial charge on any atom is -0.355 e. The lowest BCUT2D eigenvalue weighted by atomic mass is 9.89. The number of benzene rings is 2. The Bertz CT molecular complexity index is 821. The summed E-state index contributed by atoms with van der Waals surface area (Å²) in [7, 11) is 0. The highest BCUT2D eigenvalue weighted by Gasteiger charge is 2.25. The first-order chi connectivity index (χ1) is 10.7. The van der Waals surface area contributed by atoms with Crippen molar-refractivity contribution < 1.29 is 4.92 Å². The molecule has 1 atom stereocenters. The van der Waals surface area contributed by atoms with Crippen molar-refractivity contribution in [2.24, 2.45) is 0 Å². The molecule has 0 bridgehead atoms. The fraction of sp³-hybridized carbons (Fsp3) is 0.111. The first kappa shape index (κ1) is 14.1. The van der Waals surface area contributed by atoms with E-state index in [4.69, 9.17) is 0 Å². The number of nitrogens with zero attached hydrogens (tertiary/aromatic N) is 1. The van der Waals surface area contributed by atoms with Crippen LogP contribution in [0, 0.1) is 10.1 Å². The molecule has 1 aromatic heterocycles. The maximum absolute atomic E-state index is 11.2. The summed E-state index contributed by atoms with van der Waals surface area (Å²) < 4.78 is 0. The van der Waals surface area contributed by atoms with Gasteiger partial charge in [-0.15, -0.1) is 0 Å². The zero-order valence-corrected chi connectivity index (χ0v) is 12.0. The van der Waals surface area contributed by atoms with Crippen molar-refractivity contribution in [2.75, 3.05) is 6.54 Å². The number of para-hydroxylation sites is 1. The van der Waals surface area contributed by atoms with Gasteiger partial charge >= 0.3 is 0 Å². The smallest absolute Gasteiger partial charge is 0.214 e. The summed E-state index contributed by atoms with van der Waals surface area (Å²) >= 11 is 0. The Hall–Kier alpha value is -2.88. The Morgan fingerprint density at radius 3 is 2.50 bits per heavy atom. The van der Waals surface area contributed by atoms with E-state index in [9.17, 15) is 10.1 Å². The maximum atomic E-state index is 11.2. The van der Waals surface area contributed by atoms with Crippen LogP contribution in [0.3, 0.4) is 0 Å². The third kappa shape index (κ3) is 2.51. The van der Waals surface area contributed by atoms with Crippen molar-refractivity contribution >= 4 is 17.0 Å². The van der Waals surface area contributed by atoms with Gasteiger partial charge in [-0.2, -0.15) is 0 Å². The third-order valence-electron chi connectivity index (χ3n) is 3.86. The van der Waals surface area contributed by atoms with Crippen LogP contribution < -0.4 is 0 Å². The lowest BCUT2D eigenvalue weighted by Gasteiger charge is -2.14. The van der Waals surface area contributed by atoms with Crippen molar-refractivity contribution in [3.8, 4) is 0 Å². The van der Waals surface area contributed by atoms with Gasteiger partial charge in [0, 0.05) is 21.5 Å². The van der Waals surface area contributed by atoms with Gasteiger partial charge in [-0.25, -0.2) is 0 Å². The van der Waals surface area contributed by atoms with Crippen LogP contribution in [0.1, 0.15) is 22.7 Å². The largest absolute Gasteiger partial charge is 0.355 e. The zero-order valence-electron chi connectivity index (χ0n) is 12.0. The third-order valence-corrected chi connectivity index (χ3v) is 3.86. The minimum atomic E-state index is -0.305. The van der Waals surface area contributed by atoms with E-state index < -0.39 is 0 Å². The molecule has 0 aliphatic heterocycles. The molecule has 0 saturated carbocycles. The quantitative estimate of drug-likeness (QED) is 0.565. The first-order valence-electron chi connectivity index (χ1n) is 7.10. The van der Waals surface area contributed by atoms with Crippen molar-refractivity contribution in [1.29, 1.82) is 0 Å². The van der Waals surface area contributed by atoms with Crippen LogP contribution >= 0.6 is 0 Å². The van der Waals surface area contributed by atoms with E-state index in [1.807, 2.05) is 54.6 Å². The molecule has 3 rings (SSSR count). The molecule has 1 N–H and O–H groups in total. The molecule has 22 heavy (non-hydrogen) atoms.